The molecule has 0 amide bonds. The molecule has 2 N–H and O–H groups in total. The summed E-state index contributed by atoms with van der Waals surface area (Å²) in [6, 6.07) is 14.4. The summed E-state index contributed by atoms with van der Waals surface area (Å²) in [5.41, 5.74) is 8.86. The second kappa shape index (κ2) is 5.61. The van der Waals surface area contributed by atoms with Crippen LogP contribution in [0.3, 0.4) is 0 Å². The highest BCUT2D eigenvalue weighted by Gasteiger charge is 2.07. The lowest BCUT2D eigenvalue weighted by molar-refractivity contribution is 0.329. The number of benzene rings is 2. The molecule has 0 spiro atoms. The van der Waals surface area contributed by atoms with Crippen molar-refractivity contribution in [2.45, 2.75) is 6.92 Å². The van der Waals surface area contributed by atoms with Gasteiger partial charge in [-0.05, 0) is 25.1 Å². The smallest absolute Gasteiger partial charge is 0.124 e. The first kappa shape index (κ1) is 13.1. The van der Waals surface area contributed by atoms with Gasteiger partial charge in [-0.2, -0.15) is 0 Å². The van der Waals surface area contributed by atoms with Crippen molar-refractivity contribution in [3.05, 3.63) is 48.0 Å². The van der Waals surface area contributed by atoms with Crippen LogP contribution in [0.15, 0.2) is 42.5 Å². The molecular weight excluding hydrogens is 268 g/mol. The standard InChI is InChI=1S/C16H16N2OS/c1-11-2-4-12(5-3-11)16-18-14-7-6-13(19-9-8-17)10-15(14)20-16/h2-7,10H,8-9,17H2,1H3. The zero-order chi connectivity index (χ0) is 13.9. The molecule has 0 aliphatic carbocycles. The third kappa shape index (κ3) is 2.66. The third-order valence-electron chi connectivity index (χ3n) is 3.04. The van der Waals surface area contributed by atoms with Crippen molar-refractivity contribution < 1.29 is 4.74 Å². The molecule has 2 aromatic carbocycles. The molecule has 4 heteroatoms. The van der Waals surface area contributed by atoms with Crippen LogP contribution in [0.2, 0.25) is 0 Å². The largest absolute Gasteiger partial charge is 0.492 e. The highest BCUT2D eigenvalue weighted by Crippen LogP contribution is 2.32. The SMILES string of the molecule is Cc1ccc(-c2nc3ccc(OCCN)cc3s2)cc1. The molecule has 0 aliphatic heterocycles. The van der Waals surface area contributed by atoms with Crippen molar-refractivity contribution in [3.63, 3.8) is 0 Å². The Labute approximate surface area is 122 Å². The van der Waals surface area contributed by atoms with Crippen LogP contribution < -0.4 is 10.5 Å². The second-order valence-corrected chi connectivity index (χ2v) is 5.68. The summed E-state index contributed by atoms with van der Waals surface area (Å²) < 4.78 is 6.68. The van der Waals surface area contributed by atoms with E-state index in [9.17, 15) is 0 Å². The number of nitrogens with zero attached hydrogens (tertiary/aromatic N) is 1. The van der Waals surface area contributed by atoms with Gasteiger partial charge in [0.05, 0.1) is 10.2 Å². The Kier molecular flexibility index (Phi) is 3.67. The van der Waals surface area contributed by atoms with Gasteiger partial charge in [-0.15, -0.1) is 11.3 Å². The van der Waals surface area contributed by atoms with E-state index in [0.717, 1.165) is 26.5 Å². The van der Waals surface area contributed by atoms with Crippen molar-refractivity contribution in [2.75, 3.05) is 13.2 Å². The van der Waals surface area contributed by atoms with Gasteiger partial charge in [0.2, 0.25) is 0 Å². The molecule has 0 radical (unpaired) electrons. The van der Waals surface area contributed by atoms with Gasteiger partial charge in [-0.3, -0.25) is 0 Å². The average Bonchev–Trinajstić information content (AvgIpc) is 2.89. The Morgan fingerprint density at radius 1 is 1.15 bits per heavy atom. The lowest BCUT2D eigenvalue weighted by atomic mass is 10.2. The number of nitrogens with two attached hydrogens (primary N) is 1. The molecule has 3 rings (SSSR count). The minimum absolute atomic E-state index is 0.523. The lowest BCUT2D eigenvalue weighted by Gasteiger charge is -2.02. The zero-order valence-electron chi connectivity index (χ0n) is 11.3. The molecular formula is C16H16N2OS. The van der Waals surface area contributed by atoms with Gasteiger partial charge in [0.15, 0.2) is 0 Å². The van der Waals surface area contributed by atoms with Crippen LogP contribution in [0.25, 0.3) is 20.8 Å². The molecule has 1 heterocycles. The molecule has 1 aromatic heterocycles. The summed E-state index contributed by atoms with van der Waals surface area (Å²) >= 11 is 1.68. The number of ether oxygens (including phenoxy) is 1. The Hall–Kier alpha value is -1.91. The highest BCUT2D eigenvalue weighted by atomic mass is 32.1. The molecule has 0 aliphatic rings. The van der Waals surface area contributed by atoms with Crippen LogP contribution in [-0.2, 0) is 0 Å². The highest BCUT2D eigenvalue weighted by molar-refractivity contribution is 7.21. The van der Waals surface area contributed by atoms with Gasteiger partial charge in [0.1, 0.15) is 17.4 Å². The normalized spacial score (nSPS) is 10.9. The van der Waals surface area contributed by atoms with E-state index in [-0.39, 0.29) is 0 Å². The van der Waals surface area contributed by atoms with E-state index in [0.29, 0.717) is 13.2 Å². The van der Waals surface area contributed by atoms with E-state index in [2.05, 4.69) is 36.2 Å². The van der Waals surface area contributed by atoms with Crippen LogP contribution in [0.4, 0.5) is 0 Å². The fraction of sp³-hybridized carbons (Fsp3) is 0.188. The van der Waals surface area contributed by atoms with Crippen molar-refractivity contribution in [2.24, 2.45) is 5.73 Å². The molecule has 3 aromatic rings. The van der Waals surface area contributed by atoms with Crippen LogP contribution in [-0.4, -0.2) is 18.1 Å². The van der Waals surface area contributed by atoms with Crippen LogP contribution >= 0.6 is 11.3 Å². The number of aromatic nitrogens is 1. The molecule has 102 valence electrons. The molecule has 0 saturated heterocycles. The van der Waals surface area contributed by atoms with Crippen molar-refractivity contribution >= 4 is 21.6 Å². The number of fused-ring (bicyclic) bond motifs is 1. The van der Waals surface area contributed by atoms with E-state index >= 15 is 0 Å². The van der Waals surface area contributed by atoms with E-state index in [1.165, 1.54) is 5.56 Å². The van der Waals surface area contributed by atoms with E-state index in [1.807, 2.05) is 18.2 Å². The Morgan fingerprint density at radius 3 is 2.70 bits per heavy atom. The van der Waals surface area contributed by atoms with Crippen molar-refractivity contribution in [3.8, 4) is 16.3 Å². The van der Waals surface area contributed by atoms with Gasteiger partial charge < -0.3 is 10.5 Å². The maximum absolute atomic E-state index is 5.55. The quantitative estimate of drug-likeness (QED) is 0.796. The predicted octanol–water partition coefficient (Wildman–Crippen LogP) is 3.61. The number of thiazole rings is 1. The number of aryl methyl sites for hydroxylation is 1. The third-order valence-corrected chi connectivity index (χ3v) is 4.11. The van der Waals surface area contributed by atoms with Crippen molar-refractivity contribution in [1.82, 2.24) is 4.98 Å². The minimum Gasteiger partial charge on any atom is -0.492 e. The summed E-state index contributed by atoms with van der Waals surface area (Å²) in [6.45, 7) is 3.15. The summed E-state index contributed by atoms with van der Waals surface area (Å²) in [7, 11) is 0. The molecule has 0 unspecified atom stereocenters. The van der Waals surface area contributed by atoms with E-state index in [1.54, 1.807) is 11.3 Å². The van der Waals surface area contributed by atoms with E-state index < -0.39 is 0 Å². The van der Waals surface area contributed by atoms with E-state index in [4.69, 9.17) is 10.5 Å². The summed E-state index contributed by atoms with van der Waals surface area (Å²) in [5.74, 6) is 0.849. The molecule has 20 heavy (non-hydrogen) atoms. The topological polar surface area (TPSA) is 48.1 Å². The summed E-state index contributed by atoms with van der Waals surface area (Å²) in [6.07, 6.45) is 0. The first-order valence-corrected chi connectivity index (χ1v) is 7.38. The molecule has 0 atom stereocenters. The molecule has 0 saturated carbocycles. The maximum Gasteiger partial charge on any atom is 0.124 e. The Balaban J connectivity index is 1.95. The number of hydrogen-bond acceptors (Lipinski definition) is 4. The monoisotopic (exact) mass is 284 g/mol. The molecule has 0 bridgehead atoms. The van der Waals surface area contributed by atoms with Crippen molar-refractivity contribution in [1.29, 1.82) is 0 Å². The van der Waals surface area contributed by atoms with Crippen LogP contribution in [0.1, 0.15) is 5.56 Å². The first-order chi connectivity index (χ1) is 9.76. The molecule has 0 fully saturated rings. The number of rotatable bonds is 4. The fourth-order valence-electron chi connectivity index (χ4n) is 1.99. The van der Waals surface area contributed by atoms with Gasteiger partial charge in [0.25, 0.3) is 0 Å². The number of hydrogen-bond donors (Lipinski definition) is 1. The summed E-state index contributed by atoms with van der Waals surface area (Å²) in [5, 5.41) is 1.04. The van der Waals surface area contributed by atoms with Gasteiger partial charge in [-0.1, -0.05) is 29.8 Å². The van der Waals surface area contributed by atoms with Gasteiger partial charge >= 0.3 is 0 Å². The fourth-order valence-corrected chi connectivity index (χ4v) is 2.99. The summed E-state index contributed by atoms with van der Waals surface area (Å²) in [4.78, 5) is 4.67. The predicted molar refractivity (Wildman–Crippen MR) is 84.3 cm³/mol. The molecule has 3 nitrogen and oxygen atoms in total. The Bertz CT molecular complexity index is 719. The van der Waals surface area contributed by atoms with Gasteiger partial charge in [0, 0.05) is 12.1 Å². The second-order valence-electron chi connectivity index (χ2n) is 4.65. The van der Waals surface area contributed by atoms with Crippen LogP contribution in [0, 0.1) is 6.92 Å². The minimum atomic E-state index is 0.523. The average molecular weight is 284 g/mol. The van der Waals surface area contributed by atoms with Crippen LogP contribution in [0.5, 0.6) is 5.75 Å². The van der Waals surface area contributed by atoms with Gasteiger partial charge in [-0.25, -0.2) is 4.98 Å². The maximum atomic E-state index is 5.55. The Morgan fingerprint density at radius 2 is 1.95 bits per heavy atom. The first-order valence-electron chi connectivity index (χ1n) is 6.57. The lowest BCUT2D eigenvalue weighted by Crippen LogP contribution is -2.10. The zero-order valence-corrected chi connectivity index (χ0v) is 12.1.